The fraction of sp³-hybridized carbons (Fsp3) is 0.393. The summed E-state index contributed by atoms with van der Waals surface area (Å²) in [6.07, 6.45) is 1.48. The van der Waals surface area contributed by atoms with E-state index in [9.17, 15) is 22.6 Å². The molecule has 3 heterocycles. The van der Waals surface area contributed by atoms with Gasteiger partial charge in [-0.15, -0.1) is 0 Å². The Morgan fingerprint density at radius 3 is 2.50 bits per heavy atom. The van der Waals surface area contributed by atoms with Crippen molar-refractivity contribution in [3.8, 4) is 0 Å². The van der Waals surface area contributed by atoms with Crippen molar-refractivity contribution in [2.45, 2.75) is 24.3 Å². The van der Waals surface area contributed by atoms with Crippen LogP contribution in [0.2, 0.25) is 5.02 Å². The van der Waals surface area contributed by atoms with Crippen LogP contribution in [0.5, 0.6) is 0 Å². The van der Waals surface area contributed by atoms with Crippen molar-refractivity contribution in [2.24, 2.45) is 0 Å². The van der Waals surface area contributed by atoms with Crippen molar-refractivity contribution >= 4 is 60.9 Å². The lowest BCUT2D eigenvalue weighted by Gasteiger charge is -2.43. The zero-order valence-corrected chi connectivity index (χ0v) is 24.6. The van der Waals surface area contributed by atoms with Crippen LogP contribution in [0, 0.1) is 6.92 Å². The zero-order valence-electron chi connectivity index (χ0n) is 22.2. The first kappa shape index (κ1) is 28.7. The van der Waals surface area contributed by atoms with Crippen LogP contribution in [0.15, 0.2) is 59.6 Å². The molecular weight excluding hydrogens is 572 g/mol. The maximum Gasteiger partial charge on any atom is 0.247 e. The second-order valence-electron chi connectivity index (χ2n) is 10.1. The van der Waals surface area contributed by atoms with Gasteiger partial charge in [0.05, 0.1) is 23.7 Å². The number of benzene rings is 2. The maximum absolute atomic E-state index is 13.7. The molecule has 0 bridgehead atoms. The standard InChI is InChI=1S/C28H31ClN4O5S2/c1-20-16-24(6-8-30-20)32-9-10-33(26(19-32)28(35)31-11-13-39(36)14-12-31)27(34)7-15-40(37,38)25-5-3-21-17-23(29)4-2-22(21)18-25/h2-6,8,16-18,26H,7,9-15,19H2,1H3. The number of pyridine rings is 1. The van der Waals surface area contributed by atoms with E-state index in [2.05, 4.69) is 9.88 Å². The van der Waals surface area contributed by atoms with Crippen LogP contribution in [-0.4, -0.2) is 95.6 Å². The van der Waals surface area contributed by atoms with Gasteiger partial charge in [0.15, 0.2) is 9.84 Å². The van der Waals surface area contributed by atoms with Gasteiger partial charge in [-0.25, -0.2) is 8.42 Å². The lowest BCUT2D eigenvalue weighted by Crippen LogP contribution is -2.62. The Bertz CT molecular complexity index is 1530. The lowest BCUT2D eigenvalue weighted by molar-refractivity contribution is -0.146. The van der Waals surface area contributed by atoms with E-state index in [0.717, 1.165) is 22.2 Å². The van der Waals surface area contributed by atoms with Gasteiger partial charge in [-0.1, -0.05) is 34.9 Å². The van der Waals surface area contributed by atoms with Gasteiger partial charge < -0.3 is 19.3 Å². The number of aryl methyl sites for hydroxylation is 1. The van der Waals surface area contributed by atoms with Gasteiger partial charge >= 0.3 is 0 Å². The van der Waals surface area contributed by atoms with Crippen molar-refractivity contribution in [1.29, 1.82) is 0 Å². The van der Waals surface area contributed by atoms with Crippen LogP contribution >= 0.6 is 11.6 Å². The van der Waals surface area contributed by atoms with Crippen LogP contribution in [0.25, 0.3) is 10.8 Å². The van der Waals surface area contributed by atoms with E-state index >= 15 is 0 Å². The molecule has 12 heteroatoms. The number of aromatic nitrogens is 1. The Balaban J connectivity index is 1.32. The normalized spacial score (nSPS) is 18.8. The predicted molar refractivity (Wildman–Crippen MR) is 157 cm³/mol. The smallest absolute Gasteiger partial charge is 0.247 e. The van der Waals surface area contributed by atoms with E-state index in [1.165, 1.54) is 11.0 Å². The molecule has 3 aromatic rings. The molecule has 2 fully saturated rings. The number of halogens is 1. The largest absolute Gasteiger partial charge is 0.616 e. The highest BCUT2D eigenvalue weighted by Crippen LogP contribution is 2.25. The molecule has 0 radical (unpaired) electrons. The Morgan fingerprint density at radius 1 is 1.02 bits per heavy atom. The van der Waals surface area contributed by atoms with Gasteiger partial charge in [0.25, 0.3) is 0 Å². The predicted octanol–water partition coefficient (Wildman–Crippen LogP) is 2.67. The number of hydrogen-bond acceptors (Lipinski definition) is 7. The van der Waals surface area contributed by atoms with Crippen molar-refractivity contribution in [3.05, 3.63) is 65.4 Å². The van der Waals surface area contributed by atoms with E-state index in [1.807, 2.05) is 19.1 Å². The molecule has 2 aromatic carbocycles. The number of carbonyl (C=O) groups excluding carboxylic acids is 2. The number of hydrogen-bond donors (Lipinski definition) is 0. The summed E-state index contributed by atoms with van der Waals surface area (Å²) in [6, 6.07) is 13.1. The molecule has 40 heavy (non-hydrogen) atoms. The van der Waals surface area contributed by atoms with E-state index in [4.69, 9.17) is 11.6 Å². The quantitative estimate of drug-likeness (QED) is 0.399. The lowest BCUT2D eigenvalue weighted by atomic mass is 10.1. The first-order chi connectivity index (χ1) is 19.1. The topological polar surface area (TPSA) is 114 Å². The third kappa shape index (κ3) is 6.38. The summed E-state index contributed by atoms with van der Waals surface area (Å²) >= 11 is 5.09. The van der Waals surface area contributed by atoms with Gasteiger partial charge in [0.2, 0.25) is 11.8 Å². The summed E-state index contributed by atoms with van der Waals surface area (Å²) in [5, 5.41) is 2.13. The Morgan fingerprint density at radius 2 is 1.75 bits per heavy atom. The minimum absolute atomic E-state index is 0.141. The summed E-state index contributed by atoms with van der Waals surface area (Å²) in [4.78, 5) is 36.8. The average molecular weight is 603 g/mol. The zero-order chi connectivity index (χ0) is 28.4. The molecule has 0 saturated carbocycles. The molecule has 9 nitrogen and oxygen atoms in total. The first-order valence-electron chi connectivity index (χ1n) is 13.1. The summed E-state index contributed by atoms with van der Waals surface area (Å²) in [5.74, 6) is -0.110. The molecule has 0 spiro atoms. The molecular formula is C28H31ClN4O5S2. The summed E-state index contributed by atoms with van der Waals surface area (Å²) in [6.45, 7) is 3.72. The number of fused-ring (bicyclic) bond motifs is 1. The third-order valence-corrected chi connectivity index (χ3v) is 10.7. The second-order valence-corrected chi connectivity index (χ2v) is 14.3. The second kappa shape index (κ2) is 11.9. The minimum Gasteiger partial charge on any atom is -0.616 e. The number of nitrogens with zero attached hydrogens (tertiary/aromatic N) is 4. The molecule has 2 aliphatic heterocycles. The van der Waals surface area contributed by atoms with Crippen LogP contribution in [-0.2, 0) is 30.6 Å². The van der Waals surface area contributed by atoms with Gasteiger partial charge in [-0.2, -0.15) is 0 Å². The summed E-state index contributed by atoms with van der Waals surface area (Å²) in [5.41, 5.74) is 1.76. The van der Waals surface area contributed by atoms with Crippen LogP contribution in [0.1, 0.15) is 12.1 Å². The summed E-state index contributed by atoms with van der Waals surface area (Å²) in [7, 11) is -3.75. The number of amides is 2. The monoisotopic (exact) mass is 602 g/mol. The van der Waals surface area contributed by atoms with Gasteiger partial charge in [0, 0.05) is 48.7 Å². The number of carbonyl (C=O) groups is 2. The number of piperazine rings is 1. The number of anilines is 1. The molecule has 1 unspecified atom stereocenters. The molecule has 0 aliphatic carbocycles. The van der Waals surface area contributed by atoms with E-state index in [1.54, 1.807) is 41.4 Å². The van der Waals surface area contributed by atoms with Crippen LogP contribution in [0.3, 0.4) is 0 Å². The molecule has 1 aromatic heterocycles. The highest BCUT2D eigenvalue weighted by molar-refractivity contribution is 7.91. The molecule has 2 aliphatic rings. The number of rotatable bonds is 6. The van der Waals surface area contributed by atoms with Crippen LogP contribution < -0.4 is 4.90 Å². The SMILES string of the molecule is Cc1cc(N2CCN(C(=O)CCS(=O)(=O)c3ccc4cc(Cl)ccc4c3)C(C(=O)N3CC[S+]([O-])CC3)C2)ccn1. The third-order valence-electron chi connectivity index (χ3n) is 7.44. The van der Waals surface area contributed by atoms with Crippen molar-refractivity contribution < 1.29 is 22.6 Å². The van der Waals surface area contributed by atoms with Crippen LogP contribution in [0.4, 0.5) is 5.69 Å². The molecule has 0 N–H and O–H groups in total. The van der Waals surface area contributed by atoms with E-state index in [0.29, 0.717) is 36.2 Å². The minimum atomic E-state index is -3.75. The molecule has 212 valence electrons. The molecule has 1 atom stereocenters. The Hall–Kier alpha value is -2.86. The highest BCUT2D eigenvalue weighted by atomic mass is 35.5. The Labute approximate surface area is 242 Å². The maximum atomic E-state index is 13.7. The molecule has 2 amide bonds. The average Bonchev–Trinajstić information content (AvgIpc) is 2.95. The fourth-order valence-electron chi connectivity index (χ4n) is 5.19. The summed E-state index contributed by atoms with van der Waals surface area (Å²) < 4.78 is 38.2. The fourth-order valence-corrected chi connectivity index (χ4v) is 7.69. The van der Waals surface area contributed by atoms with Crippen molar-refractivity contribution in [1.82, 2.24) is 14.8 Å². The van der Waals surface area contributed by atoms with E-state index < -0.39 is 27.1 Å². The van der Waals surface area contributed by atoms with Gasteiger partial charge in [0.1, 0.15) is 17.5 Å². The van der Waals surface area contributed by atoms with E-state index in [-0.39, 0.29) is 42.0 Å². The Kier molecular flexibility index (Phi) is 8.55. The molecule has 5 rings (SSSR count). The number of sulfone groups is 1. The van der Waals surface area contributed by atoms with Crippen molar-refractivity contribution in [3.63, 3.8) is 0 Å². The first-order valence-corrected chi connectivity index (χ1v) is 16.7. The van der Waals surface area contributed by atoms with Crippen molar-refractivity contribution in [2.75, 3.05) is 54.9 Å². The van der Waals surface area contributed by atoms with Gasteiger partial charge in [-0.05, 0) is 54.1 Å². The highest BCUT2D eigenvalue weighted by Gasteiger charge is 2.39. The molecule has 2 saturated heterocycles. The van der Waals surface area contributed by atoms with Gasteiger partial charge in [-0.3, -0.25) is 14.6 Å².